The lowest BCUT2D eigenvalue weighted by molar-refractivity contribution is -0.108. The van der Waals surface area contributed by atoms with Gasteiger partial charge < -0.3 is 14.4 Å². The molecule has 0 saturated heterocycles. The number of carbonyl (C=O) groups is 2. The maximum atomic E-state index is 11.8. The second-order valence-corrected chi connectivity index (χ2v) is 4.15. The first kappa shape index (κ1) is 13.2. The van der Waals surface area contributed by atoms with Crippen LogP contribution in [0.2, 0.25) is 0 Å². The Morgan fingerprint density at radius 3 is 2.53 bits per heavy atom. The van der Waals surface area contributed by atoms with E-state index in [0.29, 0.717) is 24.5 Å². The molecule has 0 atom stereocenters. The minimum absolute atomic E-state index is 0.0594. The van der Waals surface area contributed by atoms with E-state index in [1.807, 2.05) is 19.9 Å². The van der Waals surface area contributed by atoms with Gasteiger partial charge in [-0.05, 0) is 18.1 Å². The SMILES string of the molecule is CC(C)CN(CC=O)C(=O)Oc1ccccc1. The lowest BCUT2D eigenvalue weighted by Gasteiger charge is -2.21. The molecule has 4 heteroatoms. The van der Waals surface area contributed by atoms with Crippen molar-refractivity contribution in [2.24, 2.45) is 5.92 Å². The van der Waals surface area contributed by atoms with Gasteiger partial charge in [-0.15, -0.1) is 0 Å². The molecular formula is C13H17NO3. The lowest BCUT2D eigenvalue weighted by atomic mass is 10.2. The first-order chi connectivity index (χ1) is 8.13. The lowest BCUT2D eigenvalue weighted by Crippen LogP contribution is -2.37. The maximum Gasteiger partial charge on any atom is 0.415 e. The molecule has 1 rings (SSSR count). The molecule has 1 amide bonds. The molecule has 0 aromatic heterocycles. The molecule has 0 saturated carbocycles. The van der Waals surface area contributed by atoms with Gasteiger partial charge in [0.15, 0.2) is 0 Å². The molecule has 92 valence electrons. The van der Waals surface area contributed by atoms with Crippen LogP contribution in [-0.2, 0) is 4.79 Å². The fourth-order valence-corrected chi connectivity index (χ4v) is 1.41. The van der Waals surface area contributed by atoms with Crippen molar-refractivity contribution in [2.45, 2.75) is 13.8 Å². The normalized spacial score (nSPS) is 10.1. The van der Waals surface area contributed by atoms with Crippen molar-refractivity contribution in [1.29, 1.82) is 0 Å². The molecule has 0 N–H and O–H groups in total. The third kappa shape index (κ3) is 4.68. The molecule has 1 aromatic rings. The zero-order valence-electron chi connectivity index (χ0n) is 10.1. The molecule has 0 aliphatic heterocycles. The Hall–Kier alpha value is -1.84. The summed E-state index contributed by atoms with van der Waals surface area (Å²) in [5.74, 6) is 0.774. The molecule has 0 aliphatic carbocycles. The fraction of sp³-hybridized carbons (Fsp3) is 0.385. The van der Waals surface area contributed by atoms with Crippen LogP contribution in [0.25, 0.3) is 0 Å². The molecule has 17 heavy (non-hydrogen) atoms. The van der Waals surface area contributed by atoms with Crippen molar-refractivity contribution in [1.82, 2.24) is 4.90 Å². The number of hydrogen-bond acceptors (Lipinski definition) is 3. The standard InChI is InChI=1S/C13H17NO3/c1-11(2)10-14(8-9-15)13(16)17-12-6-4-3-5-7-12/h3-7,9,11H,8,10H2,1-2H3. The highest BCUT2D eigenvalue weighted by Gasteiger charge is 2.16. The van der Waals surface area contributed by atoms with Crippen LogP contribution in [0.3, 0.4) is 0 Å². The average molecular weight is 235 g/mol. The van der Waals surface area contributed by atoms with E-state index in [1.54, 1.807) is 24.3 Å². The van der Waals surface area contributed by atoms with Crippen molar-refractivity contribution >= 4 is 12.4 Å². The second-order valence-electron chi connectivity index (χ2n) is 4.15. The maximum absolute atomic E-state index is 11.8. The van der Waals surface area contributed by atoms with Crippen LogP contribution in [0.15, 0.2) is 30.3 Å². The first-order valence-electron chi connectivity index (χ1n) is 5.59. The van der Waals surface area contributed by atoms with E-state index in [0.717, 1.165) is 0 Å². The van der Waals surface area contributed by atoms with E-state index in [1.165, 1.54) is 4.90 Å². The fourth-order valence-electron chi connectivity index (χ4n) is 1.41. The summed E-state index contributed by atoms with van der Waals surface area (Å²) in [6.07, 6.45) is 0.214. The van der Waals surface area contributed by atoms with E-state index in [4.69, 9.17) is 4.74 Å². The molecule has 0 unspecified atom stereocenters. The Morgan fingerprint density at radius 1 is 1.35 bits per heavy atom. The molecule has 0 spiro atoms. The molecule has 0 radical (unpaired) electrons. The average Bonchev–Trinajstić information content (AvgIpc) is 2.29. The minimum Gasteiger partial charge on any atom is -0.410 e. The van der Waals surface area contributed by atoms with Crippen molar-refractivity contribution in [3.05, 3.63) is 30.3 Å². The largest absolute Gasteiger partial charge is 0.415 e. The van der Waals surface area contributed by atoms with Crippen molar-refractivity contribution in [2.75, 3.05) is 13.1 Å². The highest BCUT2D eigenvalue weighted by atomic mass is 16.6. The number of carbonyl (C=O) groups excluding carboxylic acids is 2. The Kier molecular flexibility index (Phi) is 5.20. The van der Waals surface area contributed by atoms with Gasteiger partial charge in [-0.1, -0.05) is 32.0 Å². The van der Waals surface area contributed by atoms with Gasteiger partial charge in [-0.2, -0.15) is 0 Å². The number of nitrogens with zero attached hydrogens (tertiary/aromatic N) is 1. The number of para-hydroxylation sites is 1. The topological polar surface area (TPSA) is 46.6 Å². The molecule has 0 heterocycles. The monoisotopic (exact) mass is 235 g/mol. The summed E-state index contributed by atoms with van der Waals surface area (Å²) in [6.45, 7) is 4.52. The highest BCUT2D eigenvalue weighted by Crippen LogP contribution is 2.10. The summed E-state index contributed by atoms with van der Waals surface area (Å²) in [6, 6.07) is 8.82. The Balaban J connectivity index is 2.62. The second kappa shape index (κ2) is 6.68. The third-order valence-corrected chi connectivity index (χ3v) is 2.09. The minimum atomic E-state index is -0.489. The summed E-state index contributed by atoms with van der Waals surface area (Å²) < 4.78 is 5.16. The molecule has 4 nitrogen and oxygen atoms in total. The van der Waals surface area contributed by atoms with E-state index in [-0.39, 0.29) is 6.54 Å². The van der Waals surface area contributed by atoms with Gasteiger partial charge in [0.05, 0.1) is 6.54 Å². The van der Waals surface area contributed by atoms with Gasteiger partial charge >= 0.3 is 6.09 Å². The van der Waals surface area contributed by atoms with Gasteiger partial charge in [-0.25, -0.2) is 4.79 Å². The number of ether oxygens (including phenoxy) is 1. The van der Waals surface area contributed by atoms with Crippen LogP contribution in [0, 0.1) is 5.92 Å². The number of rotatable bonds is 5. The quantitative estimate of drug-likeness (QED) is 0.736. The zero-order chi connectivity index (χ0) is 12.7. The zero-order valence-corrected chi connectivity index (χ0v) is 10.1. The smallest absolute Gasteiger partial charge is 0.410 e. The van der Waals surface area contributed by atoms with Gasteiger partial charge in [0.1, 0.15) is 12.0 Å². The van der Waals surface area contributed by atoms with Crippen LogP contribution in [0.1, 0.15) is 13.8 Å². The van der Waals surface area contributed by atoms with Crippen LogP contribution in [0.4, 0.5) is 4.79 Å². The third-order valence-electron chi connectivity index (χ3n) is 2.09. The Bertz CT molecular complexity index is 362. The van der Waals surface area contributed by atoms with E-state index in [9.17, 15) is 9.59 Å². The van der Waals surface area contributed by atoms with Crippen LogP contribution >= 0.6 is 0 Å². The van der Waals surface area contributed by atoms with Crippen molar-refractivity contribution in [3.8, 4) is 5.75 Å². The van der Waals surface area contributed by atoms with Crippen molar-refractivity contribution < 1.29 is 14.3 Å². The van der Waals surface area contributed by atoms with E-state index < -0.39 is 6.09 Å². The number of hydrogen-bond donors (Lipinski definition) is 0. The summed E-state index contributed by atoms with van der Waals surface area (Å²) in [7, 11) is 0. The van der Waals surface area contributed by atoms with Gasteiger partial charge in [-0.3, -0.25) is 0 Å². The molecule has 1 aromatic carbocycles. The predicted molar refractivity (Wildman–Crippen MR) is 64.9 cm³/mol. The molecule has 0 aliphatic rings. The van der Waals surface area contributed by atoms with Gasteiger partial charge in [0.25, 0.3) is 0 Å². The summed E-state index contributed by atoms with van der Waals surface area (Å²) in [5, 5.41) is 0. The number of amides is 1. The first-order valence-corrected chi connectivity index (χ1v) is 5.59. The van der Waals surface area contributed by atoms with E-state index >= 15 is 0 Å². The van der Waals surface area contributed by atoms with Crippen LogP contribution in [0.5, 0.6) is 5.75 Å². The predicted octanol–water partition coefficient (Wildman–Crippen LogP) is 2.34. The Morgan fingerprint density at radius 2 is 2.00 bits per heavy atom. The van der Waals surface area contributed by atoms with Crippen LogP contribution in [-0.4, -0.2) is 30.4 Å². The van der Waals surface area contributed by atoms with Crippen molar-refractivity contribution in [3.63, 3.8) is 0 Å². The van der Waals surface area contributed by atoms with E-state index in [2.05, 4.69) is 0 Å². The molecule has 0 bridgehead atoms. The van der Waals surface area contributed by atoms with Gasteiger partial charge in [0.2, 0.25) is 0 Å². The number of benzene rings is 1. The molecule has 0 fully saturated rings. The summed E-state index contributed by atoms with van der Waals surface area (Å²) in [4.78, 5) is 23.7. The highest BCUT2D eigenvalue weighted by molar-refractivity contribution is 5.73. The number of aldehydes is 1. The summed E-state index contributed by atoms with van der Waals surface area (Å²) >= 11 is 0. The molecular weight excluding hydrogens is 218 g/mol. The van der Waals surface area contributed by atoms with Crippen LogP contribution < -0.4 is 4.74 Å². The summed E-state index contributed by atoms with van der Waals surface area (Å²) in [5.41, 5.74) is 0. The van der Waals surface area contributed by atoms with Gasteiger partial charge in [0, 0.05) is 6.54 Å². The Labute approximate surface area is 101 Å².